The van der Waals surface area contributed by atoms with Crippen molar-refractivity contribution in [2.75, 3.05) is 0 Å². The highest BCUT2D eigenvalue weighted by Gasteiger charge is 2.09. The molecule has 3 heteroatoms. The lowest BCUT2D eigenvalue weighted by Gasteiger charge is -1.93. The molecule has 0 saturated carbocycles. The van der Waals surface area contributed by atoms with Gasteiger partial charge in [-0.25, -0.2) is 4.98 Å². The summed E-state index contributed by atoms with van der Waals surface area (Å²) in [6.45, 7) is 4.29. The topological polar surface area (TPSA) is 17.3 Å². The lowest BCUT2D eigenvalue weighted by molar-refractivity contribution is 1.15. The molecule has 3 aromatic rings. The number of hydrogen-bond acceptors (Lipinski definition) is 2. The van der Waals surface area contributed by atoms with Crippen LogP contribution in [0, 0.1) is 13.8 Å². The molecule has 2 aromatic heterocycles. The zero-order chi connectivity index (χ0) is 9.71. The standard InChI is InChI=1S/C11H10N2S/c1-7-8(2)14-11-12-9-5-3-4-6-10(9)13(7)11/h3-6H,1-2H3. The summed E-state index contributed by atoms with van der Waals surface area (Å²) < 4.78 is 2.23. The van der Waals surface area contributed by atoms with E-state index in [0.717, 1.165) is 10.5 Å². The molecule has 0 amide bonds. The highest BCUT2D eigenvalue weighted by atomic mass is 32.1. The van der Waals surface area contributed by atoms with Gasteiger partial charge in [0.2, 0.25) is 0 Å². The van der Waals surface area contributed by atoms with Crippen LogP contribution in [0.25, 0.3) is 16.0 Å². The predicted molar refractivity (Wildman–Crippen MR) is 60.0 cm³/mol. The van der Waals surface area contributed by atoms with Crippen LogP contribution in [0.1, 0.15) is 10.6 Å². The van der Waals surface area contributed by atoms with E-state index >= 15 is 0 Å². The summed E-state index contributed by atoms with van der Waals surface area (Å²) in [4.78, 5) is 7.02. The van der Waals surface area contributed by atoms with Gasteiger partial charge in [0.15, 0.2) is 4.96 Å². The largest absolute Gasteiger partial charge is 0.287 e. The first-order valence-electron chi connectivity index (χ1n) is 4.60. The van der Waals surface area contributed by atoms with Crippen LogP contribution in [0.15, 0.2) is 24.3 Å². The van der Waals surface area contributed by atoms with Crippen molar-refractivity contribution in [2.45, 2.75) is 13.8 Å². The summed E-state index contributed by atoms with van der Waals surface area (Å²) in [6.07, 6.45) is 0. The van der Waals surface area contributed by atoms with Crippen LogP contribution < -0.4 is 0 Å². The molecule has 14 heavy (non-hydrogen) atoms. The predicted octanol–water partition coefficient (Wildman–Crippen LogP) is 3.17. The fourth-order valence-corrected chi connectivity index (χ4v) is 2.75. The number of aryl methyl sites for hydroxylation is 2. The molecule has 1 aromatic carbocycles. The lowest BCUT2D eigenvalue weighted by atomic mass is 10.3. The van der Waals surface area contributed by atoms with Gasteiger partial charge < -0.3 is 0 Å². The minimum absolute atomic E-state index is 1.09. The fourth-order valence-electron chi connectivity index (χ4n) is 1.76. The van der Waals surface area contributed by atoms with Crippen molar-refractivity contribution in [1.29, 1.82) is 0 Å². The monoisotopic (exact) mass is 202 g/mol. The molecule has 0 aliphatic heterocycles. The third-order valence-electron chi connectivity index (χ3n) is 2.62. The van der Waals surface area contributed by atoms with Crippen molar-refractivity contribution < 1.29 is 0 Å². The number of rotatable bonds is 0. The number of aromatic nitrogens is 2. The summed E-state index contributed by atoms with van der Waals surface area (Å²) in [5.74, 6) is 0. The van der Waals surface area contributed by atoms with Gasteiger partial charge in [-0.2, -0.15) is 0 Å². The second kappa shape index (κ2) is 2.58. The van der Waals surface area contributed by atoms with Gasteiger partial charge in [-0.05, 0) is 26.0 Å². The summed E-state index contributed by atoms with van der Waals surface area (Å²) in [6, 6.07) is 8.27. The molecule has 0 radical (unpaired) electrons. The summed E-state index contributed by atoms with van der Waals surface area (Å²) in [7, 11) is 0. The molecule has 0 unspecified atom stereocenters. The van der Waals surface area contributed by atoms with Gasteiger partial charge in [-0.15, -0.1) is 11.3 Å². The molecular formula is C11H10N2S. The van der Waals surface area contributed by atoms with Crippen LogP contribution in [0.3, 0.4) is 0 Å². The lowest BCUT2D eigenvalue weighted by Crippen LogP contribution is -1.83. The Labute approximate surface area is 85.8 Å². The van der Waals surface area contributed by atoms with E-state index < -0.39 is 0 Å². The molecule has 0 atom stereocenters. The molecule has 70 valence electrons. The van der Waals surface area contributed by atoms with E-state index in [4.69, 9.17) is 0 Å². The Bertz CT molecular complexity index is 619. The number of thiazole rings is 1. The number of fused-ring (bicyclic) bond motifs is 3. The Balaban J connectivity index is 2.62. The second-order valence-corrected chi connectivity index (χ2v) is 4.64. The van der Waals surface area contributed by atoms with E-state index in [-0.39, 0.29) is 0 Å². The quantitative estimate of drug-likeness (QED) is 0.547. The van der Waals surface area contributed by atoms with Crippen molar-refractivity contribution in [3.05, 3.63) is 34.8 Å². The molecule has 0 saturated heterocycles. The van der Waals surface area contributed by atoms with Gasteiger partial charge in [-0.1, -0.05) is 12.1 Å². The van der Waals surface area contributed by atoms with E-state index in [2.05, 4.69) is 41.4 Å². The Morgan fingerprint density at radius 1 is 1.21 bits per heavy atom. The van der Waals surface area contributed by atoms with Crippen molar-refractivity contribution in [2.24, 2.45) is 0 Å². The number of nitrogens with zero attached hydrogens (tertiary/aromatic N) is 2. The summed E-state index contributed by atoms with van der Waals surface area (Å²) >= 11 is 1.76. The van der Waals surface area contributed by atoms with Crippen molar-refractivity contribution in [1.82, 2.24) is 9.38 Å². The zero-order valence-electron chi connectivity index (χ0n) is 8.11. The number of benzene rings is 1. The van der Waals surface area contributed by atoms with Gasteiger partial charge in [0.05, 0.1) is 11.0 Å². The van der Waals surface area contributed by atoms with Crippen LogP contribution in [-0.4, -0.2) is 9.38 Å². The zero-order valence-corrected chi connectivity index (χ0v) is 8.93. The van der Waals surface area contributed by atoms with Crippen molar-refractivity contribution in [3.8, 4) is 0 Å². The molecular weight excluding hydrogens is 192 g/mol. The van der Waals surface area contributed by atoms with Gasteiger partial charge >= 0.3 is 0 Å². The maximum absolute atomic E-state index is 4.58. The maximum Gasteiger partial charge on any atom is 0.195 e. The normalized spacial score (nSPS) is 11.6. The van der Waals surface area contributed by atoms with Crippen molar-refractivity contribution in [3.63, 3.8) is 0 Å². The number of para-hydroxylation sites is 2. The number of hydrogen-bond donors (Lipinski definition) is 0. The average molecular weight is 202 g/mol. The van der Waals surface area contributed by atoms with Crippen molar-refractivity contribution >= 4 is 27.3 Å². The van der Waals surface area contributed by atoms with Crippen LogP contribution in [0.5, 0.6) is 0 Å². The van der Waals surface area contributed by atoms with Gasteiger partial charge in [0, 0.05) is 10.6 Å². The first-order chi connectivity index (χ1) is 6.77. The van der Waals surface area contributed by atoms with E-state index in [1.54, 1.807) is 11.3 Å². The van der Waals surface area contributed by atoms with Crippen LogP contribution in [0.2, 0.25) is 0 Å². The molecule has 0 spiro atoms. The highest BCUT2D eigenvalue weighted by Crippen LogP contribution is 2.26. The van der Waals surface area contributed by atoms with E-state index in [9.17, 15) is 0 Å². The number of imidazole rings is 1. The molecule has 0 N–H and O–H groups in total. The van der Waals surface area contributed by atoms with Crippen LogP contribution in [0.4, 0.5) is 0 Å². The summed E-state index contributed by atoms with van der Waals surface area (Å²) in [5, 5.41) is 0. The smallest absolute Gasteiger partial charge is 0.195 e. The molecule has 2 heterocycles. The van der Waals surface area contributed by atoms with E-state index in [1.165, 1.54) is 16.1 Å². The molecule has 0 aliphatic rings. The Morgan fingerprint density at radius 3 is 2.86 bits per heavy atom. The first kappa shape index (κ1) is 8.00. The first-order valence-corrected chi connectivity index (χ1v) is 5.42. The van der Waals surface area contributed by atoms with Gasteiger partial charge in [0.1, 0.15) is 0 Å². The maximum atomic E-state index is 4.58. The minimum Gasteiger partial charge on any atom is -0.287 e. The summed E-state index contributed by atoms with van der Waals surface area (Å²) in [5.41, 5.74) is 3.60. The SMILES string of the molecule is Cc1sc2nc3ccccc3n2c1C. The minimum atomic E-state index is 1.09. The third kappa shape index (κ3) is 0.876. The molecule has 0 fully saturated rings. The second-order valence-electron chi connectivity index (χ2n) is 3.46. The van der Waals surface area contributed by atoms with Gasteiger partial charge in [-0.3, -0.25) is 4.40 Å². The van der Waals surface area contributed by atoms with Gasteiger partial charge in [0.25, 0.3) is 0 Å². The molecule has 2 nitrogen and oxygen atoms in total. The van der Waals surface area contributed by atoms with Crippen LogP contribution in [-0.2, 0) is 0 Å². The Morgan fingerprint density at radius 2 is 2.00 bits per heavy atom. The molecule has 3 rings (SSSR count). The highest BCUT2D eigenvalue weighted by molar-refractivity contribution is 7.17. The van der Waals surface area contributed by atoms with Crippen LogP contribution >= 0.6 is 11.3 Å². The fraction of sp³-hybridized carbons (Fsp3) is 0.182. The molecule has 0 bridgehead atoms. The Hall–Kier alpha value is -1.35. The third-order valence-corrected chi connectivity index (χ3v) is 3.68. The Kier molecular flexibility index (Phi) is 1.47. The van der Waals surface area contributed by atoms with E-state index in [1.807, 2.05) is 6.07 Å². The average Bonchev–Trinajstić information content (AvgIpc) is 2.65. The molecule has 0 aliphatic carbocycles. The van der Waals surface area contributed by atoms with E-state index in [0.29, 0.717) is 0 Å².